The highest BCUT2D eigenvalue weighted by atomic mass is 35.5. The lowest BCUT2D eigenvalue weighted by Crippen LogP contribution is -2.36. The fourth-order valence-electron chi connectivity index (χ4n) is 3.48. The second-order valence-electron chi connectivity index (χ2n) is 6.80. The molecule has 1 heterocycles. The Labute approximate surface area is 160 Å². The first-order valence-corrected chi connectivity index (χ1v) is 8.53. The Balaban J connectivity index is 0.00000261. The van der Waals surface area contributed by atoms with Crippen LogP contribution in [0.5, 0.6) is 0 Å². The van der Waals surface area contributed by atoms with Crippen LogP contribution in [0.4, 0.5) is 18.9 Å². The molecule has 4 N–H and O–H groups in total. The van der Waals surface area contributed by atoms with E-state index in [4.69, 9.17) is 10.2 Å². The molecule has 150 valence electrons. The minimum atomic E-state index is -4.50. The lowest BCUT2D eigenvalue weighted by molar-refractivity contribution is -0.137. The summed E-state index contributed by atoms with van der Waals surface area (Å²) in [6.45, 7) is 1.87. The number of nitrogens with one attached hydrogen (secondary N) is 2. The Morgan fingerprint density at radius 2 is 2.11 bits per heavy atom. The van der Waals surface area contributed by atoms with Crippen molar-refractivity contribution in [2.45, 2.75) is 50.9 Å². The van der Waals surface area contributed by atoms with Crippen LogP contribution in [-0.4, -0.2) is 22.3 Å². The summed E-state index contributed by atoms with van der Waals surface area (Å²) in [5.74, 6) is -0.620. The Hall–Kier alpha value is -2.00. The number of aromatic nitrogens is 2. The summed E-state index contributed by atoms with van der Waals surface area (Å²) in [4.78, 5) is 11.1. The number of H-pyrrole nitrogens is 1. The van der Waals surface area contributed by atoms with Crippen molar-refractivity contribution < 1.29 is 17.6 Å². The average Bonchev–Trinajstić information content (AvgIpc) is 3.00. The van der Waals surface area contributed by atoms with Gasteiger partial charge in [-0.25, -0.2) is 9.89 Å². The molecular weight excluding hydrogens is 385 g/mol. The van der Waals surface area contributed by atoms with Crippen molar-refractivity contribution in [1.82, 2.24) is 10.2 Å². The van der Waals surface area contributed by atoms with Crippen LogP contribution in [0.1, 0.15) is 38.2 Å². The van der Waals surface area contributed by atoms with Gasteiger partial charge >= 0.3 is 11.9 Å². The highest BCUT2D eigenvalue weighted by molar-refractivity contribution is 5.85. The predicted octanol–water partition coefficient (Wildman–Crippen LogP) is 3.79. The van der Waals surface area contributed by atoms with Gasteiger partial charge in [0.1, 0.15) is 0 Å². The number of nitrogens with zero attached hydrogens (tertiary/aromatic N) is 1. The van der Waals surface area contributed by atoms with Crippen molar-refractivity contribution in [1.29, 1.82) is 0 Å². The summed E-state index contributed by atoms with van der Waals surface area (Å²) in [5.41, 5.74) is 5.45. The maximum absolute atomic E-state index is 13.4. The zero-order valence-electron chi connectivity index (χ0n) is 14.7. The van der Waals surface area contributed by atoms with Gasteiger partial charge in [0.15, 0.2) is 0 Å². The van der Waals surface area contributed by atoms with E-state index >= 15 is 0 Å². The van der Waals surface area contributed by atoms with Crippen LogP contribution in [-0.2, 0) is 6.18 Å². The average molecular weight is 407 g/mol. The minimum absolute atomic E-state index is 0. The molecule has 6 nitrogen and oxygen atoms in total. The molecule has 1 fully saturated rings. The summed E-state index contributed by atoms with van der Waals surface area (Å²) in [5, 5.41) is 8.76. The lowest BCUT2D eigenvalue weighted by Gasteiger charge is -2.32. The SMILES string of the molecule is CC(Nc1cc(-c2n[nH]c(=O)o2)ccc1C(F)(F)F)[C@@H]1CCC[C@H](N)C1.Cl. The quantitative estimate of drug-likeness (QED) is 0.717. The van der Waals surface area contributed by atoms with Crippen molar-refractivity contribution in [3.63, 3.8) is 0 Å². The predicted molar refractivity (Wildman–Crippen MR) is 97.8 cm³/mol. The number of anilines is 1. The summed E-state index contributed by atoms with van der Waals surface area (Å²) in [6, 6.07) is 3.41. The van der Waals surface area contributed by atoms with Gasteiger partial charge in [0.25, 0.3) is 0 Å². The summed E-state index contributed by atoms with van der Waals surface area (Å²) in [6.07, 6.45) is -0.871. The number of nitrogens with two attached hydrogens (primary N) is 1. The van der Waals surface area contributed by atoms with Gasteiger partial charge in [-0.1, -0.05) is 6.42 Å². The lowest BCUT2D eigenvalue weighted by atomic mass is 9.82. The first-order valence-electron chi connectivity index (χ1n) is 8.53. The summed E-state index contributed by atoms with van der Waals surface area (Å²) in [7, 11) is 0. The van der Waals surface area contributed by atoms with Crippen LogP contribution in [0.15, 0.2) is 27.4 Å². The number of rotatable bonds is 4. The molecule has 0 amide bonds. The van der Waals surface area contributed by atoms with Gasteiger partial charge in [-0.05, 0) is 50.3 Å². The van der Waals surface area contributed by atoms with Crippen molar-refractivity contribution in [3.8, 4) is 11.5 Å². The van der Waals surface area contributed by atoms with Crippen LogP contribution < -0.4 is 16.8 Å². The molecule has 0 spiro atoms. The molecule has 1 aliphatic rings. The largest absolute Gasteiger partial charge is 0.434 e. The van der Waals surface area contributed by atoms with E-state index in [1.807, 2.05) is 6.92 Å². The Bertz CT molecular complexity index is 821. The topological polar surface area (TPSA) is 96.9 Å². The molecule has 10 heteroatoms. The molecule has 27 heavy (non-hydrogen) atoms. The van der Waals surface area contributed by atoms with Gasteiger partial charge in [0, 0.05) is 23.3 Å². The van der Waals surface area contributed by atoms with Crippen molar-refractivity contribution in [3.05, 3.63) is 34.3 Å². The first-order chi connectivity index (χ1) is 12.2. The highest BCUT2D eigenvalue weighted by Gasteiger charge is 2.35. The standard InChI is InChI=1S/C17H21F3N4O2.ClH/c1-9(10-3-2-4-12(21)7-10)22-14-8-11(15-23-24-16(25)26-15)5-6-13(14)17(18,19)20;/h5-6,8-10,12,22H,2-4,7,21H2,1H3,(H,24,25);1H/t9?,10-,12+;/m1./s1. The van der Waals surface area contributed by atoms with E-state index < -0.39 is 17.5 Å². The third kappa shape index (κ3) is 5.04. The molecule has 2 aromatic rings. The van der Waals surface area contributed by atoms with Crippen molar-refractivity contribution >= 4 is 18.1 Å². The normalized spacial score (nSPS) is 21.4. The second-order valence-corrected chi connectivity index (χ2v) is 6.80. The third-order valence-corrected chi connectivity index (χ3v) is 4.86. The summed E-state index contributed by atoms with van der Waals surface area (Å²) < 4.78 is 45.0. The fraction of sp³-hybridized carbons (Fsp3) is 0.529. The van der Waals surface area contributed by atoms with Gasteiger partial charge in [-0.15, -0.1) is 17.5 Å². The molecule has 0 bridgehead atoms. The van der Waals surface area contributed by atoms with Gasteiger partial charge in [0.2, 0.25) is 5.89 Å². The zero-order valence-corrected chi connectivity index (χ0v) is 15.5. The fourth-order valence-corrected chi connectivity index (χ4v) is 3.48. The maximum atomic E-state index is 13.4. The maximum Gasteiger partial charge on any atom is 0.434 e. The van der Waals surface area contributed by atoms with Crippen molar-refractivity contribution in [2.75, 3.05) is 5.32 Å². The number of halogens is 4. The Kier molecular flexibility index (Phi) is 6.59. The molecular formula is C17H22ClF3N4O2. The van der Waals surface area contributed by atoms with E-state index in [0.29, 0.717) is 0 Å². The van der Waals surface area contributed by atoms with Crippen LogP contribution in [0.2, 0.25) is 0 Å². The van der Waals surface area contributed by atoms with E-state index in [1.165, 1.54) is 12.1 Å². The molecule has 3 atom stereocenters. The molecule has 1 saturated carbocycles. The Morgan fingerprint density at radius 3 is 2.70 bits per heavy atom. The van der Waals surface area contributed by atoms with Gasteiger partial charge in [-0.3, -0.25) is 0 Å². The molecule has 1 unspecified atom stereocenters. The summed E-state index contributed by atoms with van der Waals surface area (Å²) >= 11 is 0. The van der Waals surface area contributed by atoms with Crippen LogP contribution in [0.25, 0.3) is 11.5 Å². The van der Waals surface area contributed by atoms with E-state index in [0.717, 1.165) is 31.7 Å². The number of aromatic amines is 1. The number of benzene rings is 1. The van der Waals surface area contributed by atoms with E-state index in [2.05, 4.69) is 15.5 Å². The molecule has 0 aliphatic heterocycles. The van der Waals surface area contributed by atoms with Crippen LogP contribution in [0.3, 0.4) is 0 Å². The minimum Gasteiger partial charge on any atom is -0.388 e. The molecule has 1 aromatic heterocycles. The van der Waals surface area contributed by atoms with Gasteiger partial charge < -0.3 is 15.5 Å². The molecule has 1 aliphatic carbocycles. The molecule has 0 saturated heterocycles. The van der Waals surface area contributed by atoms with Crippen LogP contribution >= 0.6 is 12.4 Å². The number of hydrogen-bond donors (Lipinski definition) is 3. The third-order valence-electron chi connectivity index (χ3n) is 4.86. The zero-order chi connectivity index (χ0) is 18.9. The van der Waals surface area contributed by atoms with Crippen LogP contribution in [0, 0.1) is 5.92 Å². The van der Waals surface area contributed by atoms with E-state index in [-0.39, 0.29) is 47.6 Å². The van der Waals surface area contributed by atoms with Crippen molar-refractivity contribution in [2.24, 2.45) is 11.7 Å². The molecule has 1 aromatic carbocycles. The molecule has 0 radical (unpaired) electrons. The van der Waals surface area contributed by atoms with Gasteiger partial charge in [-0.2, -0.15) is 13.2 Å². The molecule has 3 rings (SSSR count). The second kappa shape index (κ2) is 8.35. The number of hydrogen-bond acceptors (Lipinski definition) is 5. The Morgan fingerprint density at radius 1 is 1.37 bits per heavy atom. The van der Waals surface area contributed by atoms with E-state index in [9.17, 15) is 18.0 Å². The van der Waals surface area contributed by atoms with Gasteiger partial charge in [0.05, 0.1) is 5.56 Å². The van der Waals surface area contributed by atoms with E-state index in [1.54, 1.807) is 0 Å². The highest BCUT2D eigenvalue weighted by Crippen LogP contribution is 2.38. The smallest absolute Gasteiger partial charge is 0.388 e. The monoisotopic (exact) mass is 406 g/mol. The first kappa shape index (κ1) is 21.3. The number of alkyl halides is 3.